The largest absolute Gasteiger partial charge is 0.367 e. The van der Waals surface area contributed by atoms with Crippen LogP contribution in [0.25, 0.3) is 0 Å². The molecule has 1 aromatic heterocycles. The molecule has 0 spiro atoms. The smallest absolute Gasteiger partial charge is 0.234 e. The van der Waals surface area contributed by atoms with Crippen LogP contribution in [0.2, 0.25) is 0 Å². The standard InChI is InChI=1S/C15H25N3O2/c1-2-19-15(7-5-3-4-6-8-15)12-17-13(20-18-12)14(11-16)9-10-14/h2-11,16H2,1H3. The maximum Gasteiger partial charge on any atom is 0.234 e. The Labute approximate surface area is 120 Å². The van der Waals surface area contributed by atoms with Crippen molar-refractivity contribution < 1.29 is 9.26 Å². The van der Waals surface area contributed by atoms with E-state index in [0.29, 0.717) is 13.2 Å². The lowest BCUT2D eigenvalue weighted by molar-refractivity contribution is -0.0636. The van der Waals surface area contributed by atoms with Crippen molar-refractivity contribution in [3.05, 3.63) is 11.7 Å². The normalized spacial score (nSPS) is 24.3. The minimum atomic E-state index is -0.336. The van der Waals surface area contributed by atoms with Crippen molar-refractivity contribution in [1.29, 1.82) is 0 Å². The Kier molecular flexibility index (Phi) is 3.82. The number of hydrogen-bond donors (Lipinski definition) is 1. The molecule has 20 heavy (non-hydrogen) atoms. The Bertz CT molecular complexity index is 446. The van der Waals surface area contributed by atoms with Gasteiger partial charge in [0.05, 0.1) is 5.41 Å². The van der Waals surface area contributed by atoms with Gasteiger partial charge in [-0.2, -0.15) is 4.98 Å². The van der Waals surface area contributed by atoms with Crippen molar-refractivity contribution in [2.45, 2.75) is 69.3 Å². The van der Waals surface area contributed by atoms with E-state index in [9.17, 15) is 0 Å². The Balaban J connectivity index is 1.87. The van der Waals surface area contributed by atoms with Crippen LogP contribution in [0.3, 0.4) is 0 Å². The quantitative estimate of drug-likeness (QED) is 0.839. The van der Waals surface area contributed by atoms with Crippen LogP contribution in [0.4, 0.5) is 0 Å². The van der Waals surface area contributed by atoms with Crippen LogP contribution in [0.15, 0.2) is 4.52 Å². The maximum absolute atomic E-state index is 6.10. The fourth-order valence-electron chi connectivity index (χ4n) is 3.29. The first-order valence-corrected chi connectivity index (χ1v) is 7.93. The monoisotopic (exact) mass is 279 g/mol. The van der Waals surface area contributed by atoms with Crippen LogP contribution in [0.1, 0.15) is 70.0 Å². The lowest BCUT2D eigenvalue weighted by Crippen LogP contribution is -2.31. The van der Waals surface area contributed by atoms with E-state index in [0.717, 1.165) is 37.4 Å². The third kappa shape index (κ3) is 2.37. The Morgan fingerprint density at radius 1 is 1.15 bits per heavy atom. The molecule has 0 saturated heterocycles. The van der Waals surface area contributed by atoms with E-state index in [-0.39, 0.29) is 11.0 Å². The Morgan fingerprint density at radius 2 is 1.85 bits per heavy atom. The summed E-state index contributed by atoms with van der Waals surface area (Å²) in [6.45, 7) is 3.32. The summed E-state index contributed by atoms with van der Waals surface area (Å²) in [5.41, 5.74) is 5.47. The van der Waals surface area contributed by atoms with E-state index in [4.69, 9.17) is 15.0 Å². The van der Waals surface area contributed by atoms with E-state index in [1.807, 2.05) is 6.92 Å². The summed E-state index contributed by atoms with van der Waals surface area (Å²) in [7, 11) is 0. The molecule has 1 aromatic rings. The summed E-state index contributed by atoms with van der Waals surface area (Å²) in [6, 6.07) is 0. The molecule has 2 N–H and O–H groups in total. The molecular weight excluding hydrogens is 254 g/mol. The molecule has 2 aliphatic rings. The van der Waals surface area contributed by atoms with Gasteiger partial charge in [-0.1, -0.05) is 30.8 Å². The second-order valence-electron chi connectivity index (χ2n) is 6.25. The average Bonchev–Trinajstić information content (AvgIpc) is 3.17. The van der Waals surface area contributed by atoms with E-state index < -0.39 is 0 Å². The number of ether oxygens (including phenoxy) is 1. The molecule has 1 heterocycles. The highest BCUT2D eigenvalue weighted by Gasteiger charge is 2.49. The van der Waals surface area contributed by atoms with Gasteiger partial charge < -0.3 is 15.0 Å². The molecule has 0 aliphatic heterocycles. The molecule has 0 radical (unpaired) electrons. The zero-order valence-electron chi connectivity index (χ0n) is 12.4. The van der Waals surface area contributed by atoms with Gasteiger partial charge in [-0.25, -0.2) is 0 Å². The highest BCUT2D eigenvalue weighted by Crippen LogP contribution is 2.47. The molecule has 0 amide bonds. The van der Waals surface area contributed by atoms with E-state index in [1.165, 1.54) is 25.7 Å². The summed E-state index contributed by atoms with van der Waals surface area (Å²) in [5.74, 6) is 1.47. The van der Waals surface area contributed by atoms with Crippen molar-refractivity contribution in [3.63, 3.8) is 0 Å². The van der Waals surface area contributed by atoms with Crippen molar-refractivity contribution >= 4 is 0 Å². The third-order valence-electron chi connectivity index (χ3n) is 4.86. The van der Waals surface area contributed by atoms with E-state index in [1.54, 1.807) is 0 Å². The minimum Gasteiger partial charge on any atom is -0.367 e. The van der Waals surface area contributed by atoms with Gasteiger partial charge in [0.1, 0.15) is 5.60 Å². The molecule has 2 fully saturated rings. The van der Waals surface area contributed by atoms with Gasteiger partial charge in [0.2, 0.25) is 11.7 Å². The first-order valence-electron chi connectivity index (χ1n) is 7.93. The summed E-state index contributed by atoms with van der Waals surface area (Å²) >= 11 is 0. The maximum atomic E-state index is 6.10. The number of hydrogen-bond acceptors (Lipinski definition) is 5. The van der Waals surface area contributed by atoms with Crippen LogP contribution in [0.5, 0.6) is 0 Å². The highest BCUT2D eigenvalue weighted by molar-refractivity contribution is 5.17. The van der Waals surface area contributed by atoms with Crippen molar-refractivity contribution in [3.8, 4) is 0 Å². The van der Waals surface area contributed by atoms with E-state index >= 15 is 0 Å². The fourth-order valence-corrected chi connectivity index (χ4v) is 3.29. The molecular formula is C15H25N3O2. The zero-order valence-corrected chi connectivity index (χ0v) is 12.4. The fraction of sp³-hybridized carbons (Fsp3) is 0.867. The van der Waals surface area contributed by atoms with Gasteiger partial charge in [-0.05, 0) is 32.6 Å². The first kappa shape index (κ1) is 14.0. The molecule has 0 aromatic carbocycles. The summed E-state index contributed by atoms with van der Waals surface area (Å²) < 4.78 is 11.6. The lowest BCUT2D eigenvalue weighted by atomic mass is 9.93. The summed E-state index contributed by atoms with van der Waals surface area (Å²) in [6.07, 6.45) is 9.00. The number of rotatable bonds is 5. The van der Waals surface area contributed by atoms with Crippen LogP contribution in [-0.4, -0.2) is 23.3 Å². The molecule has 0 atom stereocenters. The average molecular weight is 279 g/mol. The second kappa shape index (κ2) is 5.45. The Morgan fingerprint density at radius 3 is 2.40 bits per heavy atom. The van der Waals surface area contributed by atoms with Crippen LogP contribution in [0, 0.1) is 0 Å². The van der Waals surface area contributed by atoms with Crippen LogP contribution < -0.4 is 5.73 Å². The topological polar surface area (TPSA) is 74.2 Å². The van der Waals surface area contributed by atoms with Gasteiger partial charge in [0.25, 0.3) is 0 Å². The van der Waals surface area contributed by atoms with Gasteiger partial charge in [0, 0.05) is 13.2 Å². The minimum absolute atomic E-state index is 0.0383. The predicted molar refractivity (Wildman–Crippen MR) is 75.3 cm³/mol. The molecule has 2 saturated carbocycles. The molecule has 5 nitrogen and oxygen atoms in total. The first-order chi connectivity index (χ1) is 9.75. The van der Waals surface area contributed by atoms with Gasteiger partial charge in [-0.15, -0.1) is 0 Å². The molecule has 0 bridgehead atoms. The summed E-state index contributed by atoms with van der Waals surface area (Å²) in [4.78, 5) is 4.69. The van der Waals surface area contributed by atoms with Crippen molar-refractivity contribution in [1.82, 2.24) is 10.1 Å². The lowest BCUT2D eigenvalue weighted by Gasteiger charge is -2.29. The number of nitrogens with zero attached hydrogens (tertiary/aromatic N) is 2. The molecule has 112 valence electrons. The SMILES string of the molecule is CCOC1(c2noc(C3(CN)CC3)n2)CCCCCC1. The number of nitrogens with two attached hydrogens (primary N) is 1. The van der Waals surface area contributed by atoms with Gasteiger partial charge in [-0.3, -0.25) is 0 Å². The molecule has 2 aliphatic carbocycles. The summed E-state index contributed by atoms with van der Waals surface area (Å²) in [5, 5.41) is 4.26. The molecule has 5 heteroatoms. The second-order valence-corrected chi connectivity index (χ2v) is 6.25. The number of aromatic nitrogens is 2. The van der Waals surface area contributed by atoms with Crippen LogP contribution in [-0.2, 0) is 15.8 Å². The molecule has 0 unspecified atom stereocenters. The van der Waals surface area contributed by atoms with Crippen molar-refractivity contribution in [2.24, 2.45) is 5.73 Å². The van der Waals surface area contributed by atoms with Crippen molar-refractivity contribution in [2.75, 3.05) is 13.2 Å². The van der Waals surface area contributed by atoms with E-state index in [2.05, 4.69) is 10.1 Å². The van der Waals surface area contributed by atoms with Gasteiger partial charge in [0.15, 0.2) is 0 Å². The van der Waals surface area contributed by atoms with Gasteiger partial charge >= 0.3 is 0 Å². The predicted octanol–water partition coefficient (Wildman–Crippen LogP) is 2.65. The zero-order chi connectivity index (χ0) is 14.1. The third-order valence-corrected chi connectivity index (χ3v) is 4.86. The highest BCUT2D eigenvalue weighted by atomic mass is 16.5. The molecule has 3 rings (SSSR count). The van der Waals surface area contributed by atoms with Crippen LogP contribution >= 0.6 is 0 Å². The Hall–Kier alpha value is -0.940.